The zero-order valence-corrected chi connectivity index (χ0v) is 11.1. The molecular formula is C12H14N4O6. The minimum Gasteiger partial charge on any atom is -0.479 e. The molecule has 1 saturated heterocycles. The molecule has 1 aliphatic rings. The van der Waals surface area contributed by atoms with Crippen LogP contribution in [0.2, 0.25) is 0 Å². The standard InChI is InChI=1S/C8H8O3.C4H6N4O3/c9-7(8(10)11)6-4-2-1-3-5-6;5-3(10)6-1-2(9)8-4(11)7-1/h1-5,7,9H,(H,10,11);1H,(H3,5,6,10)(H2,7,8,9,11). The largest absolute Gasteiger partial charge is 0.479 e. The Morgan fingerprint density at radius 3 is 2.23 bits per heavy atom. The highest BCUT2D eigenvalue weighted by Gasteiger charge is 2.29. The number of hydrogen-bond donors (Lipinski definition) is 6. The predicted octanol–water partition coefficient (Wildman–Crippen LogP) is -1.38. The van der Waals surface area contributed by atoms with Gasteiger partial charge in [-0.25, -0.2) is 14.4 Å². The molecule has 1 aromatic rings. The van der Waals surface area contributed by atoms with Crippen LogP contribution in [0.5, 0.6) is 0 Å². The molecule has 7 N–H and O–H groups in total. The van der Waals surface area contributed by atoms with Gasteiger partial charge in [0.25, 0.3) is 5.91 Å². The number of aliphatic hydroxyl groups excluding tert-OH is 1. The summed E-state index contributed by atoms with van der Waals surface area (Å²) in [7, 11) is 0. The third-order valence-electron chi connectivity index (χ3n) is 2.41. The van der Waals surface area contributed by atoms with Gasteiger partial charge in [0.2, 0.25) is 0 Å². The van der Waals surface area contributed by atoms with Gasteiger partial charge in [-0.15, -0.1) is 0 Å². The number of nitrogens with two attached hydrogens (primary N) is 1. The van der Waals surface area contributed by atoms with E-state index in [1.807, 2.05) is 10.6 Å². The molecule has 2 atom stereocenters. The normalized spacial score (nSPS) is 17.4. The van der Waals surface area contributed by atoms with E-state index in [0.717, 1.165) is 0 Å². The maximum atomic E-state index is 10.7. The summed E-state index contributed by atoms with van der Waals surface area (Å²) in [5, 5.41) is 23.4. The fraction of sp³-hybridized carbons (Fsp3) is 0.167. The average molecular weight is 310 g/mol. The molecule has 0 saturated carbocycles. The highest BCUT2D eigenvalue weighted by atomic mass is 16.4. The Hall–Kier alpha value is -3.14. The van der Waals surface area contributed by atoms with E-state index in [-0.39, 0.29) is 0 Å². The number of aliphatic hydroxyl groups is 1. The Kier molecular flexibility index (Phi) is 5.84. The summed E-state index contributed by atoms with van der Waals surface area (Å²) in [6.07, 6.45) is -2.45. The van der Waals surface area contributed by atoms with Crippen LogP contribution in [0.3, 0.4) is 0 Å². The summed E-state index contributed by atoms with van der Waals surface area (Å²) in [4.78, 5) is 41.5. The molecule has 0 radical (unpaired) electrons. The van der Waals surface area contributed by atoms with Gasteiger partial charge in [-0.2, -0.15) is 0 Å². The summed E-state index contributed by atoms with van der Waals surface area (Å²) in [5.41, 5.74) is 5.10. The number of rotatable bonds is 3. The second-order valence-corrected chi connectivity index (χ2v) is 4.06. The van der Waals surface area contributed by atoms with Gasteiger partial charge in [0.05, 0.1) is 0 Å². The minimum absolute atomic E-state index is 0.403. The Bertz CT molecular complexity index is 576. The van der Waals surface area contributed by atoms with Crippen molar-refractivity contribution < 1.29 is 29.4 Å². The van der Waals surface area contributed by atoms with E-state index in [0.29, 0.717) is 5.56 Å². The van der Waals surface area contributed by atoms with Crippen LogP contribution >= 0.6 is 0 Å². The van der Waals surface area contributed by atoms with Crippen LogP contribution in [0.1, 0.15) is 11.7 Å². The molecule has 1 aliphatic heterocycles. The number of benzene rings is 1. The number of aliphatic carboxylic acids is 1. The van der Waals surface area contributed by atoms with E-state index < -0.39 is 36.2 Å². The molecule has 10 heteroatoms. The topological polar surface area (TPSA) is 171 Å². The first-order valence-electron chi connectivity index (χ1n) is 5.94. The number of carboxylic acid groups (broad SMARTS) is 1. The van der Waals surface area contributed by atoms with Gasteiger partial charge in [0, 0.05) is 0 Å². The van der Waals surface area contributed by atoms with Crippen LogP contribution in [0.15, 0.2) is 30.3 Å². The third-order valence-corrected chi connectivity index (χ3v) is 2.41. The molecule has 2 rings (SSSR count). The third kappa shape index (κ3) is 5.09. The highest BCUT2D eigenvalue weighted by molar-refractivity contribution is 6.05. The van der Waals surface area contributed by atoms with Crippen LogP contribution in [-0.2, 0) is 9.59 Å². The lowest BCUT2D eigenvalue weighted by atomic mass is 10.1. The SMILES string of the molecule is NC(=O)NC1NC(=O)NC1=O.O=C(O)C(O)c1ccccc1. The number of imide groups is 1. The number of carboxylic acids is 1. The van der Waals surface area contributed by atoms with Crippen molar-refractivity contribution in [3.63, 3.8) is 0 Å². The molecule has 2 unspecified atom stereocenters. The van der Waals surface area contributed by atoms with E-state index in [4.69, 9.17) is 15.9 Å². The first-order chi connectivity index (χ1) is 10.3. The number of primary amides is 1. The molecule has 0 spiro atoms. The van der Waals surface area contributed by atoms with E-state index in [9.17, 15) is 19.2 Å². The number of hydrogen-bond acceptors (Lipinski definition) is 5. The number of carbonyl (C=O) groups excluding carboxylic acids is 3. The lowest BCUT2D eigenvalue weighted by Gasteiger charge is -2.05. The van der Waals surface area contributed by atoms with Crippen molar-refractivity contribution in [1.29, 1.82) is 0 Å². The molecule has 1 heterocycles. The van der Waals surface area contributed by atoms with Crippen LogP contribution < -0.4 is 21.7 Å². The first-order valence-corrected chi connectivity index (χ1v) is 5.94. The number of amides is 5. The summed E-state index contributed by atoms with van der Waals surface area (Å²) < 4.78 is 0. The summed E-state index contributed by atoms with van der Waals surface area (Å²) >= 11 is 0. The summed E-state index contributed by atoms with van der Waals surface area (Å²) in [6, 6.07) is 6.75. The number of nitrogens with one attached hydrogen (secondary N) is 3. The molecule has 0 aromatic heterocycles. The van der Waals surface area contributed by atoms with Crippen molar-refractivity contribution in [2.75, 3.05) is 0 Å². The van der Waals surface area contributed by atoms with Crippen LogP contribution in [-0.4, -0.2) is 40.3 Å². The van der Waals surface area contributed by atoms with Gasteiger partial charge in [-0.05, 0) is 5.56 Å². The second kappa shape index (κ2) is 7.59. The zero-order chi connectivity index (χ0) is 16.7. The molecular weight excluding hydrogens is 296 g/mol. The molecule has 5 amide bonds. The van der Waals surface area contributed by atoms with Crippen LogP contribution in [0.25, 0.3) is 0 Å². The molecule has 1 aromatic carbocycles. The smallest absolute Gasteiger partial charge is 0.337 e. The molecule has 1 fully saturated rings. The minimum atomic E-state index is -1.41. The number of carbonyl (C=O) groups is 4. The Balaban J connectivity index is 0.000000220. The maximum absolute atomic E-state index is 10.7. The summed E-state index contributed by atoms with van der Waals surface area (Å²) in [5.74, 6) is -1.84. The average Bonchev–Trinajstić information content (AvgIpc) is 2.77. The number of urea groups is 2. The Morgan fingerprint density at radius 2 is 1.82 bits per heavy atom. The van der Waals surface area contributed by atoms with Crippen molar-refractivity contribution in [3.8, 4) is 0 Å². The first kappa shape index (κ1) is 16.9. The molecule has 22 heavy (non-hydrogen) atoms. The van der Waals surface area contributed by atoms with Gasteiger partial charge in [0.15, 0.2) is 12.3 Å². The van der Waals surface area contributed by atoms with Gasteiger partial charge in [-0.1, -0.05) is 30.3 Å². The lowest BCUT2D eigenvalue weighted by molar-refractivity contribution is -0.147. The lowest BCUT2D eigenvalue weighted by Crippen LogP contribution is -2.48. The van der Waals surface area contributed by atoms with Crippen molar-refractivity contribution in [2.24, 2.45) is 5.73 Å². The Labute approximate surface area is 124 Å². The fourth-order valence-electron chi connectivity index (χ4n) is 1.44. The van der Waals surface area contributed by atoms with Gasteiger partial charge < -0.3 is 26.6 Å². The van der Waals surface area contributed by atoms with Crippen molar-refractivity contribution >= 4 is 23.9 Å². The fourth-order valence-corrected chi connectivity index (χ4v) is 1.44. The molecule has 0 bridgehead atoms. The second-order valence-electron chi connectivity index (χ2n) is 4.06. The van der Waals surface area contributed by atoms with E-state index in [1.54, 1.807) is 30.3 Å². The zero-order valence-electron chi connectivity index (χ0n) is 11.1. The monoisotopic (exact) mass is 310 g/mol. The van der Waals surface area contributed by atoms with Crippen LogP contribution in [0, 0.1) is 0 Å². The summed E-state index contributed by atoms with van der Waals surface area (Å²) in [6.45, 7) is 0. The molecule has 0 aliphatic carbocycles. The van der Waals surface area contributed by atoms with Crippen molar-refractivity contribution in [3.05, 3.63) is 35.9 Å². The van der Waals surface area contributed by atoms with Crippen LogP contribution in [0.4, 0.5) is 9.59 Å². The highest BCUT2D eigenvalue weighted by Crippen LogP contribution is 2.10. The van der Waals surface area contributed by atoms with E-state index in [1.165, 1.54) is 0 Å². The molecule has 118 valence electrons. The Morgan fingerprint density at radius 1 is 1.23 bits per heavy atom. The van der Waals surface area contributed by atoms with Crippen molar-refractivity contribution in [1.82, 2.24) is 16.0 Å². The van der Waals surface area contributed by atoms with Gasteiger partial charge in [-0.3, -0.25) is 10.1 Å². The maximum Gasteiger partial charge on any atom is 0.337 e. The van der Waals surface area contributed by atoms with Gasteiger partial charge >= 0.3 is 18.0 Å². The quantitative estimate of drug-likeness (QED) is 0.376. The van der Waals surface area contributed by atoms with E-state index in [2.05, 4.69) is 5.32 Å². The van der Waals surface area contributed by atoms with Gasteiger partial charge in [0.1, 0.15) is 0 Å². The molecule has 10 nitrogen and oxygen atoms in total. The van der Waals surface area contributed by atoms with Crippen molar-refractivity contribution in [2.45, 2.75) is 12.3 Å². The van der Waals surface area contributed by atoms with E-state index >= 15 is 0 Å². The predicted molar refractivity (Wildman–Crippen MR) is 72.2 cm³/mol.